The Hall–Kier alpha value is -1.40. The van der Waals surface area contributed by atoms with Crippen LogP contribution in [0, 0.1) is 0 Å². The molecule has 1 aliphatic heterocycles. The summed E-state index contributed by atoms with van der Waals surface area (Å²) in [5.41, 5.74) is 0.755. The third-order valence-corrected chi connectivity index (χ3v) is 5.86. The molecule has 0 saturated heterocycles. The second-order valence-electron chi connectivity index (χ2n) is 5.58. The molecule has 0 bridgehead atoms. The Bertz CT molecular complexity index is 627. The van der Waals surface area contributed by atoms with Crippen molar-refractivity contribution in [3.63, 3.8) is 0 Å². The fourth-order valence-corrected chi connectivity index (χ4v) is 4.34. The molecular weight excluding hydrogens is 302 g/mol. The van der Waals surface area contributed by atoms with Crippen LogP contribution in [0.25, 0.3) is 0 Å². The summed E-state index contributed by atoms with van der Waals surface area (Å²) in [7, 11) is -1.91. The number of methoxy groups -OCH3 is 1. The van der Waals surface area contributed by atoms with E-state index in [0.29, 0.717) is 24.4 Å². The molecule has 1 aliphatic rings. The monoisotopic (exact) mass is 325 g/mol. The average Bonchev–Trinajstić information content (AvgIpc) is 2.65. The highest BCUT2D eigenvalue weighted by Gasteiger charge is 2.32. The van der Waals surface area contributed by atoms with Crippen LogP contribution in [0.5, 0.6) is 0 Å². The standard InChI is InChI=1S/C16H23NO4S/c1-3-4-8-14(16(18)21-2)17-10-11-22(19,20)15-9-6-5-7-13(15)12-17/h5-7,9,14H,3-4,8,10-12H2,1-2H3/t14-/m0/s1. The lowest BCUT2D eigenvalue weighted by atomic mass is 10.1. The molecule has 1 atom stereocenters. The molecule has 22 heavy (non-hydrogen) atoms. The third-order valence-electron chi connectivity index (χ3n) is 4.07. The number of hydrogen-bond acceptors (Lipinski definition) is 5. The molecule has 0 aromatic heterocycles. The molecule has 1 aromatic rings. The molecule has 1 aromatic carbocycles. The van der Waals surface area contributed by atoms with Crippen molar-refractivity contribution in [3.05, 3.63) is 29.8 Å². The largest absolute Gasteiger partial charge is 0.468 e. The molecule has 0 aliphatic carbocycles. The van der Waals surface area contributed by atoms with Crippen LogP contribution >= 0.6 is 0 Å². The number of carbonyl (C=O) groups is 1. The molecule has 0 N–H and O–H groups in total. The first-order valence-corrected chi connectivity index (χ1v) is 9.27. The lowest BCUT2D eigenvalue weighted by molar-refractivity contribution is -0.147. The van der Waals surface area contributed by atoms with Gasteiger partial charge in [0.1, 0.15) is 6.04 Å². The van der Waals surface area contributed by atoms with Crippen LogP contribution in [0.4, 0.5) is 0 Å². The van der Waals surface area contributed by atoms with Crippen molar-refractivity contribution < 1.29 is 17.9 Å². The molecule has 0 unspecified atom stereocenters. The normalized spacial score (nSPS) is 19.0. The van der Waals surface area contributed by atoms with Gasteiger partial charge >= 0.3 is 5.97 Å². The summed E-state index contributed by atoms with van der Waals surface area (Å²) in [5, 5.41) is 0. The van der Waals surface area contributed by atoms with Crippen LogP contribution < -0.4 is 0 Å². The lowest BCUT2D eigenvalue weighted by Crippen LogP contribution is -2.42. The van der Waals surface area contributed by atoms with Gasteiger partial charge in [0.2, 0.25) is 0 Å². The van der Waals surface area contributed by atoms with Crippen LogP contribution in [-0.4, -0.2) is 44.7 Å². The first kappa shape index (κ1) is 17.0. The van der Waals surface area contributed by atoms with Gasteiger partial charge < -0.3 is 4.74 Å². The second kappa shape index (κ2) is 7.24. The first-order valence-electron chi connectivity index (χ1n) is 7.62. The number of carbonyl (C=O) groups excluding carboxylic acids is 1. The van der Waals surface area contributed by atoms with Crippen LogP contribution in [0.15, 0.2) is 29.2 Å². The summed E-state index contributed by atoms with van der Waals surface area (Å²) in [6.45, 7) is 2.87. The Morgan fingerprint density at radius 3 is 2.77 bits per heavy atom. The SMILES string of the molecule is CCCC[C@@H](C(=O)OC)N1CCS(=O)(=O)c2ccccc2C1. The van der Waals surface area contributed by atoms with E-state index >= 15 is 0 Å². The highest BCUT2D eigenvalue weighted by molar-refractivity contribution is 7.91. The van der Waals surface area contributed by atoms with Crippen LogP contribution in [0.1, 0.15) is 31.7 Å². The zero-order chi connectivity index (χ0) is 16.2. The maximum atomic E-state index is 12.4. The first-order chi connectivity index (χ1) is 10.5. The summed E-state index contributed by atoms with van der Waals surface area (Å²) in [6, 6.07) is 6.65. The zero-order valence-corrected chi connectivity index (χ0v) is 13.9. The maximum absolute atomic E-state index is 12.4. The number of sulfone groups is 1. The average molecular weight is 325 g/mol. The number of rotatable bonds is 5. The minimum absolute atomic E-state index is 0.0314. The Kier molecular flexibility index (Phi) is 5.58. The molecule has 1 heterocycles. The minimum Gasteiger partial charge on any atom is -0.468 e. The van der Waals surface area contributed by atoms with Gasteiger partial charge in [0.15, 0.2) is 9.84 Å². The van der Waals surface area contributed by atoms with E-state index in [0.717, 1.165) is 18.4 Å². The van der Waals surface area contributed by atoms with Crippen LogP contribution in [0.2, 0.25) is 0 Å². The number of benzene rings is 1. The number of esters is 1. The zero-order valence-electron chi connectivity index (χ0n) is 13.1. The summed E-state index contributed by atoms with van der Waals surface area (Å²) in [4.78, 5) is 14.4. The van der Waals surface area contributed by atoms with Gasteiger partial charge in [0.25, 0.3) is 0 Å². The smallest absolute Gasteiger partial charge is 0.323 e. The van der Waals surface area contributed by atoms with Crippen LogP contribution in [0.3, 0.4) is 0 Å². The summed E-state index contributed by atoms with van der Waals surface area (Å²) in [6.07, 6.45) is 2.58. The van der Waals surface area contributed by atoms with Crippen molar-refractivity contribution in [2.75, 3.05) is 19.4 Å². The van der Waals surface area contributed by atoms with Gasteiger partial charge in [0.05, 0.1) is 17.8 Å². The Balaban J connectivity index is 2.31. The van der Waals surface area contributed by atoms with E-state index in [1.165, 1.54) is 7.11 Å². The topological polar surface area (TPSA) is 63.7 Å². The van der Waals surface area contributed by atoms with Crippen molar-refractivity contribution in [1.82, 2.24) is 4.90 Å². The van der Waals surface area contributed by atoms with Crippen molar-refractivity contribution in [1.29, 1.82) is 0 Å². The van der Waals surface area contributed by atoms with Gasteiger partial charge in [-0.25, -0.2) is 8.42 Å². The lowest BCUT2D eigenvalue weighted by Gasteiger charge is -2.28. The van der Waals surface area contributed by atoms with Gasteiger partial charge in [-0.3, -0.25) is 9.69 Å². The van der Waals surface area contributed by atoms with Gasteiger partial charge in [-0.15, -0.1) is 0 Å². The molecule has 0 radical (unpaired) electrons. The highest BCUT2D eigenvalue weighted by atomic mass is 32.2. The van der Waals surface area contributed by atoms with E-state index in [2.05, 4.69) is 6.92 Å². The number of unbranched alkanes of at least 4 members (excludes halogenated alkanes) is 1. The fraction of sp³-hybridized carbons (Fsp3) is 0.562. The molecule has 122 valence electrons. The molecule has 2 rings (SSSR count). The van der Waals surface area contributed by atoms with E-state index in [1.807, 2.05) is 17.0 Å². The van der Waals surface area contributed by atoms with E-state index < -0.39 is 9.84 Å². The summed E-state index contributed by atoms with van der Waals surface area (Å²) in [5.74, 6) is -0.255. The molecule has 0 saturated carbocycles. The quantitative estimate of drug-likeness (QED) is 0.775. The molecule has 0 amide bonds. The maximum Gasteiger partial charge on any atom is 0.323 e. The molecule has 6 heteroatoms. The number of fused-ring (bicyclic) bond motifs is 1. The summed E-state index contributed by atoms with van der Waals surface area (Å²) >= 11 is 0. The fourth-order valence-electron chi connectivity index (χ4n) is 2.83. The number of ether oxygens (including phenoxy) is 1. The van der Waals surface area contributed by atoms with Crippen molar-refractivity contribution in [2.24, 2.45) is 0 Å². The predicted octanol–water partition coefficient (Wildman–Crippen LogP) is 2.01. The molecule has 0 spiro atoms. The molecular formula is C16H23NO4S. The predicted molar refractivity (Wildman–Crippen MR) is 84.2 cm³/mol. The van der Waals surface area contributed by atoms with E-state index in [-0.39, 0.29) is 17.8 Å². The third kappa shape index (κ3) is 3.67. The highest BCUT2D eigenvalue weighted by Crippen LogP contribution is 2.25. The second-order valence-corrected chi connectivity index (χ2v) is 7.66. The molecule has 0 fully saturated rings. The van der Waals surface area contributed by atoms with Crippen molar-refractivity contribution >= 4 is 15.8 Å². The number of hydrogen-bond donors (Lipinski definition) is 0. The van der Waals surface area contributed by atoms with Crippen molar-refractivity contribution in [2.45, 2.75) is 43.7 Å². The van der Waals surface area contributed by atoms with Gasteiger partial charge in [-0.2, -0.15) is 0 Å². The van der Waals surface area contributed by atoms with E-state index in [9.17, 15) is 13.2 Å². The van der Waals surface area contributed by atoms with Gasteiger partial charge in [-0.05, 0) is 18.1 Å². The number of nitrogens with zero attached hydrogens (tertiary/aromatic N) is 1. The van der Waals surface area contributed by atoms with Crippen molar-refractivity contribution in [3.8, 4) is 0 Å². The summed E-state index contributed by atoms with van der Waals surface area (Å²) < 4.78 is 29.7. The van der Waals surface area contributed by atoms with Gasteiger partial charge in [0, 0.05) is 13.1 Å². The van der Waals surface area contributed by atoms with E-state index in [4.69, 9.17) is 4.74 Å². The Labute approximate surface area is 132 Å². The van der Waals surface area contributed by atoms with Gasteiger partial charge in [-0.1, -0.05) is 38.0 Å². The van der Waals surface area contributed by atoms with E-state index in [1.54, 1.807) is 12.1 Å². The van der Waals surface area contributed by atoms with Crippen LogP contribution in [-0.2, 0) is 25.9 Å². The molecule has 5 nitrogen and oxygen atoms in total. The Morgan fingerprint density at radius 2 is 2.09 bits per heavy atom. The Morgan fingerprint density at radius 1 is 1.36 bits per heavy atom. The minimum atomic E-state index is -3.29.